The fourth-order valence-electron chi connectivity index (χ4n) is 2.59. The number of nitrogens with one attached hydrogen (secondary N) is 1. The van der Waals surface area contributed by atoms with Crippen molar-refractivity contribution in [1.29, 1.82) is 0 Å². The SMILES string of the molecule is O=C(COc1ccccc1)NCc1ccc(OCC2CCCO2)cc1. The maximum atomic E-state index is 11.8. The molecule has 1 saturated heterocycles. The molecule has 1 aliphatic heterocycles. The van der Waals surface area contributed by atoms with Crippen LogP contribution < -0.4 is 14.8 Å². The molecule has 0 saturated carbocycles. The predicted molar refractivity (Wildman–Crippen MR) is 94.7 cm³/mol. The third kappa shape index (κ3) is 5.80. The summed E-state index contributed by atoms with van der Waals surface area (Å²) in [6, 6.07) is 17.0. The second kappa shape index (κ2) is 9.08. The van der Waals surface area contributed by atoms with Gasteiger partial charge in [0.05, 0.1) is 6.10 Å². The van der Waals surface area contributed by atoms with Crippen molar-refractivity contribution in [2.24, 2.45) is 0 Å². The van der Waals surface area contributed by atoms with E-state index < -0.39 is 0 Å². The first-order valence-corrected chi connectivity index (χ1v) is 8.57. The third-order valence-electron chi connectivity index (χ3n) is 3.99. The molecule has 3 rings (SSSR count). The van der Waals surface area contributed by atoms with E-state index in [4.69, 9.17) is 14.2 Å². The minimum Gasteiger partial charge on any atom is -0.491 e. The molecule has 1 amide bonds. The second-order valence-corrected chi connectivity index (χ2v) is 5.97. The first kappa shape index (κ1) is 17.3. The van der Waals surface area contributed by atoms with Crippen LogP contribution in [-0.4, -0.2) is 31.8 Å². The van der Waals surface area contributed by atoms with Gasteiger partial charge >= 0.3 is 0 Å². The maximum absolute atomic E-state index is 11.8. The maximum Gasteiger partial charge on any atom is 0.258 e. The van der Waals surface area contributed by atoms with Crippen LogP contribution in [0.1, 0.15) is 18.4 Å². The first-order valence-electron chi connectivity index (χ1n) is 8.57. The van der Waals surface area contributed by atoms with Gasteiger partial charge in [-0.1, -0.05) is 30.3 Å². The van der Waals surface area contributed by atoms with Crippen molar-refractivity contribution in [3.05, 3.63) is 60.2 Å². The van der Waals surface area contributed by atoms with E-state index >= 15 is 0 Å². The Hall–Kier alpha value is -2.53. The summed E-state index contributed by atoms with van der Waals surface area (Å²) in [6.07, 6.45) is 2.39. The minimum atomic E-state index is -0.150. The van der Waals surface area contributed by atoms with E-state index in [2.05, 4.69) is 5.32 Å². The molecule has 1 heterocycles. The van der Waals surface area contributed by atoms with Crippen LogP contribution in [0.2, 0.25) is 0 Å². The first-order chi connectivity index (χ1) is 12.3. The topological polar surface area (TPSA) is 56.8 Å². The summed E-state index contributed by atoms with van der Waals surface area (Å²) in [7, 11) is 0. The average molecular weight is 341 g/mol. The van der Waals surface area contributed by atoms with Crippen LogP contribution in [0.3, 0.4) is 0 Å². The van der Waals surface area contributed by atoms with Gasteiger partial charge in [-0.05, 0) is 42.7 Å². The van der Waals surface area contributed by atoms with Crippen LogP contribution in [0.5, 0.6) is 11.5 Å². The highest BCUT2D eigenvalue weighted by atomic mass is 16.5. The van der Waals surface area contributed by atoms with Crippen molar-refractivity contribution >= 4 is 5.91 Å². The van der Waals surface area contributed by atoms with Gasteiger partial charge in [0.15, 0.2) is 6.61 Å². The smallest absolute Gasteiger partial charge is 0.258 e. The quantitative estimate of drug-likeness (QED) is 0.802. The van der Waals surface area contributed by atoms with Crippen molar-refractivity contribution < 1.29 is 19.0 Å². The van der Waals surface area contributed by atoms with Gasteiger partial charge in [0.2, 0.25) is 0 Å². The van der Waals surface area contributed by atoms with Crippen LogP contribution in [0.15, 0.2) is 54.6 Å². The Bertz CT molecular complexity index is 651. The molecule has 1 aliphatic rings. The fourth-order valence-corrected chi connectivity index (χ4v) is 2.59. The lowest BCUT2D eigenvalue weighted by Crippen LogP contribution is -2.28. The Morgan fingerprint density at radius 1 is 1.04 bits per heavy atom. The highest BCUT2D eigenvalue weighted by molar-refractivity contribution is 5.77. The van der Waals surface area contributed by atoms with E-state index in [0.29, 0.717) is 18.9 Å². The summed E-state index contributed by atoms with van der Waals surface area (Å²) in [5.41, 5.74) is 1.01. The van der Waals surface area contributed by atoms with Gasteiger partial charge in [-0.15, -0.1) is 0 Å². The van der Waals surface area contributed by atoms with Gasteiger partial charge in [-0.25, -0.2) is 0 Å². The van der Waals surface area contributed by atoms with Gasteiger partial charge in [0.25, 0.3) is 5.91 Å². The van der Waals surface area contributed by atoms with Gasteiger partial charge in [0.1, 0.15) is 18.1 Å². The van der Waals surface area contributed by atoms with E-state index in [1.807, 2.05) is 54.6 Å². The molecule has 1 atom stereocenters. The van der Waals surface area contributed by atoms with Crippen LogP contribution in [0.4, 0.5) is 0 Å². The van der Waals surface area contributed by atoms with Crippen LogP contribution >= 0.6 is 0 Å². The molecule has 0 radical (unpaired) electrons. The highest BCUT2D eigenvalue weighted by Gasteiger charge is 2.15. The number of hydrogen-bond donors (Lipinski definition) is 1. The standard InChI is InChI=1S/C20H23NO4/c22-20(15-25-17-5-2-1-3-6-17)21-13-16-8-10-18(11-9-16)24-14-19-7-4-12-23-19/h1-3,5-6,8-11,19H,4,7,12-15H2,(H,21,22). The number of ether oxygens (including phenoxy) is 3. The molecule has 0 aliphatic carbocycles. The molecule has 1 fully saturated rings. The molecule has 1 N–H and O–H groups in total. The molecule has 0 aromatic heterocycles. The number of carbonyl (C=O) groups excluding carboxylic acids is 1. The Kier molecular flexibility index (Phi) is 6.29. The Morgan fingerprint density at radius 3 is 2.52 bits per heavy atom. The second-order valence-electron chi connectivity index (χ2n) is 5.97. The summed E-state index contributed by atoms with van der Waals surface area (Å²) in [5.74, 6) is 1.35. The van der Waals surface area contributed by atoms with Gasteiger partial charge in [-0.3, -0.25) is 4.79 Å². The monoisotopic (exact) mass is 341 g/mol. The summed E-state index contributed by atoms with van der Waals surface area (Å²) >= 11 is 0. The average Bonchev–Trinajstić information content (AvgIpc) is 3.18. The van der Waals surface area contributed by atoms with Crippen LogP contribution in [0.25, 0.3) is 0 Å². The Balaban J connectivity index is 1.36. The fraction of sp³-hybridized carbons (Fsp3) is 0.350. The van der Waals surface area contributed by atoms with E-state index in [0.717, 1.165) is 30.8 Å². The summed E-state index contributed by atoms with van der Waals surface area (Å²) in [4.78, 5) is 11.8. The van der Waals surface area contributed by atoms with Crippen molar-refractivity contribution in [1.82, 2.24) is 5.32 Å². The molecule has 132 valence electrons. The Morgan fingerprint density at radius 2 is 1.80 bits per heavy atom. The van der Waals surface area contributed by atoms with E-state index in [9.17, 15) is 4.79 Å². The normalized spacial score (nSPS) is 16.4. The van der Waals surface area contributed by atoms with Crippen molar-refractivity contribution in [2.45, 2.75) is 25.5 Å². The number of rotatable bonds is 8. The molecular weight excluding hydrogens is 318 g/mol. The van der Waals surface area contributed by atoms with Crippen molar-refractivity contribution in [2.75, 3.05) is 19.8 Å². The molecule has 5 heteroatoms. The van der Waals surface area contributed by atoms with Crippen LogP contribution in [-0.2, 0) is 16.1 Å². The lowest BCUT2D eigenvalue weighted by atomic mass is 10.2. The number of carbonyl (C=O) groups is 1. The van der Waals surface area contributed by atoms with Crippen molar-refractivity contribution in [3.63, 3.8) is 0 Å². The number of benzene rings is 2. The minimum absolute atomic E-state index is 0.00654. The third-order valence-corrected chi connectivity index (χ3v) is 3.99. The lowest BCUT2D eigenvalue weighted by molar-refractivity contribution is -0.123. The summed E-state index contributed by atoms with van der Waals surface area (Å²) in [6.45, 7) is 1.89. The summed E-state index contributed by atoms with van der Waals surface area (Å²) in [5, 5.41) is 2.84. The lowest BCUT2D eigenvalue weighted by Gasteiger charge is -2.12. The zero-order valence-corrected chi connectivity index (χ0v) is 14.1. The predicted octanol–water partition coefficient (Wildman–Crippen LogP) is 2.94. The number of para-hydroxylation sites is 1. The summed E-state index contributed by atoms with van der Waals surface area (Å²) < 4.78 is 16.7. The molecule has 25 heavy (non-hydrogen) atoms. The molecule has 0 spiro atoms. The largest absolute Gasteiger partial charge is 0.491 e. The van der Waals surface area contributed by atoms with Crippen molar-refractivity contribution in [3.8, 4) is 11.5 Å². The number of amides is 1. The molecular formula is C20H23NO4. The van der Waals surface area contributed by atoms with E-state index in [-0.39, 0.29) is 18.6 Å². The molecule has 2 aromatic carbocycles. The molecule has 2 aromatic rings. The Labute approximate surface area is 147 Å². The number of hydrogen-bond acceptors (Lipinski definition) is 4. The molecule has 1 unspecified atom stereocenters. The van der Waals surface area contributed by atoms with Gasteiger partial charge in [0, 0.05) is 13.2 Å². The molecule has 5 nitrogen and oxygen atoms in total. The van der Waals surface area contributed by atoms with Gasteiger partial charge < -0.3 is 19.5 Å². The van der Waals surface area contributed by atoms with E-state index in [1.54, 1.807) is 0 Å². The highest BCUT2D eigenvalue weighted by Crippen LogP contribution is 2.16. The van der Waals surface area contributed by atoms with Crippen LogP contribution in [0, 0.1) is 0 Å². The van der Waals surface area contributed by atoms with E-state index in [1.165, 1.54) is 0 Å². The molecule has 0 bridgehead atoms. The van der Waals surface area contributed by atoms with Gasteiger partial charge in [-0.2, -0.15) is 0 Å². The zero-order chi connectivity index (χ0) is 17.3. The zero-order valence-electron chi connectivity index (χ0n) is 14.1.